The molecule has 0 aliphatic carbocycles. The van der Waals surface area contributed by atoms with Crippen molar-refractivity contribution < 1.29 is 86.1 Å². The number of hydrogen-bond donors (Lipinski definition) is 7. The fourth-order valence-corrected chi connectivity index (χ4v) is 11.9. The van der Waals surface area contributed by atoms with Crippen LogP contribution in [-0.2, 0) is 53.7 Å². The smallest absolute Gasteiger partial charge is 0.295 e. The fourth-order valence-electron chi connectivity index (χ4n) is 9.34. The molecule has 92 heavy (non-hydrogen) atoms. The second-order valence-electron chi connectivity index (χ2n) is 19.9. The van der Waals surface area contributed by atoms with Crippen molar-refractivity contribution >= 4 is 129 Å². The van der Waals surface area contributed by atoms with E-state index in [-0.39, 0.29) is 130 Å². The SMILES string of the molecule is CCCOc1cc(S(=O)(=O)O)c2cc(N=Nc3ccc(N=Nc4cc(OC)c(N=Nc5cc(OC)c(N=Nc6ccc7cc(-n8nc9ccc%10c(S(=O)(=O)O)cc(S(=O)(=O)O)cc%10c9n8)ccc7c6O)cc5CO)cc4CO)c(OCCCS(=O)(=O)O)c3)ccc2c1. The zero-order valence-corrected chi connectivity index (χ0v) is 51.4. The van der Waals surface area contributed by atoms with E-state index in [2.05, 4.69) is 51.1 Å². The Bertz CT molecular complexity index is 5200. The molecule has 0 fully saturated rings. The Morgan fingerprint density at radius 3 is 1.65 bits per heavy atom. The van der Waals surface area contributed by atoms with Crippen LogP contribution in [0.5, 0.6) is 28.7 Å². The lowest BCUT2D eigenvalue weighted by Gasteiger charge is -2.11. The summed E-state index contributed by atoms with van der Waals surface area (Å²) >= 11 is 0. The molecule has 0 aliphatic rings. The molecule has 10 rings (SSSR count). The number of phenols is 1. The van der Waals surface area contributed by atoms with Crippen molar-refractivity contribution in [3.05, 3.63) is 139 Å². The summed E-state index contributed by atoms with van der Waals surface area (Å²) in [4.78, 5) is -0.761. The van der Waals surface area contributed by atoms with Gasteiger partial charge in [0.05, 0.1) is 79.7 Å². The van der Waals surface area contributed by atoms with Crippen molar-refractivity contribution in [3.63, 3.8) is 0 Å². The molecule has 10 aromatic rings. The maximum Gasteiger partial charge on any atom is 0.295 e. The second kappa shape index (κ2) is 26.5. The molecule has 476 valence electrons. The zero-order chi connectivity index (χ0) is 65.9. The summed E-state index contributed by atoms with van der Waals surface area (Å²) in [6.07, 6.45) is 0.548. The van der Waals surface area contributed by atoms with Gasteiger partial charge < -0.3 is 34.3 Å². The summed E-state index contributed by atoms with van der Waals surface area (Å²) in [6.45, 7) is 0.866. The van der Waals surface area contributed by atoms with Gasteiger partial charge in [0.15, 0.2) is 5.75 Å². The number of nitrogens with zero attached hydrogens (tertiary/aromatic N) is 11. The number of azo groups is 4. The Hall–Kier alpha value is -9.88. The number of fused-ring (bicyclic) bond motifs is 5. The Morgan fingerprint density at radius 1 is 0.478 bits per heavy atom. The van der Waals surface area contributed by atoms with Gasteiger partial charge in [0, 0.05) is 56.9 Å². The van der Waals surface area contributed by atoms with E-state index in [0.29, 0.717) is 40.9 Å². The largest absolute Gasteiger partial charge is 0.505 e. The molecule has 1 aromatic heterocycles. The number of methoxy groups -OCH3 is 2. The minimum atomic E-state index is -4.96. The number of ether oxygens (including phenoxy) is 4. The van der Waals surface area contributed by atoms with E-state index < -0.39 is 69.2 Å². The highest BCUT2D eigenvalue weighted by Crippen LogP contribution is 2.44. The van der Waals surface area contributed by atoms with Crippen LogP contribution in [0, 0.1) is 0 Å². The highest BCUT2D eigenvalue weighted by Gasteiger charge is 2.24. The van der Waals surface area contributed by atoms with Crippen molar-refractivity contribution in [3.8, 4) is 34.4 Å². The van der Waals surface area contributed by atoms with Crippen molar-refractivity contribution in [1.29, 1.82) is 0 Å². The number of rotatable bonds is 24. The van der Waals surface area contributed by atoms with Crippen molar-refractivity contribution in [2.24, 2.45) is 40.9 Å². The predicted molar refractivity (Wildman–Crippen MR) is 332 cm³/mol. The average molecular weight is 1330 g/mol. The Labute approximate surface area is 522 Å². The van der Waals surface area contributed by atoms with Gasteiger partial charge in [-0.15, -0.1) is 40.9 Å². The normalized spacial score (nSPS) is 12.7. The molecule has 0 aliphatic heterocycles. The summed E-state index contributed by atoms with van der Waals surface area (Å²) in [6, 6.07) is 29.8. The molecule has 1 heterocycles. The number of hydrogen-bond acceptors (Lipinski definition) is 25. The molecule has 0 bridgehead atoms. The van der Waals surface area contributed by atoms with Crippen LogP contribution in [0.2, 0.25) is 0 Å². The first-order chi connectivity index (χ1) is 43.7. The van der Waals surface area contributed by atoms with Gasteiger partial charge in [-0.1, -0.05) is 25.1 Å². The molecule has 30 nitrogen and oxygen atoms in total. The van der Waals surface area contributed by atoms with Crippen LogP contribution in [0.15, 0.2) is 183 Å². The highest BCUT2D eigenvalue weighted by molar-refractivity contribution is 7.87. The van der Waals surface area contributed by atoms with Gasteiger partial charge in [0.2, 0.25) is 0 Å². The lowest BCUT2D eigenvalue weighted by atomic mass is 10.1. The van der Waals surface area contributed by atoms with E-state index in [0.717, 1.165) is 6.07 Å². The topological polar surface area (TPSA) is 445 Å². The number of aliphatic hydroxyl groups is 2. The van der Waals surface area contributed by atoms with Crippen LogP contribution < -0.4 is 18.9 Å². The van der Waals surface area contributed by atoms with Crippen molar-refractivity contribution in [2.75, 3.05) is 33.2 Å². The Morgan fingerprint density at radius 2 is 1.04 bits per heavy atom. The first-order valence-electron chi connectivity index (χ1n) is 27.0. The second-order valence-corrected chi connectivity index (χ2v) is 25.7. The third-order valence-electron chi connectivity index (χ3n) is 13.7. The average Bonchev–Trinajstić information content (AvgIpc) is 1.44. The van der Waals surface area contributed by atoms with Gasteiger partial charge in [-0.2, -0.15) is 48.7 Å². The summed E-state index contributed by atoms with van der Waals surface area (Å²) in [5.74, 6) is -0.329. The van der Waals surface area contributed by atoms with Crippen LogP contribution >= 0.6 is 0 Å². The maximum atomic E-state index is 12.4. The summed E-state index contributed by atoms with van der Waals surface area (Å²) in [5, 5.41) is 77.1. The van der Waals surface area contributed by atoms with Gasteiger partial charge in [-0.3, -0.25) is 18.2 Å². The van der Waals surface area contributed by atoms with Crippen LogP contribution in [0.1, 0.15) is 30.9 Å². The first-order valence-corrected chi connectivity index (χ1v) is 32.9. The number of benzene rings is 9. The van der Waals surface area contributed by atoms with E-state index in [1.807, 2.05) is 6.92 Å². The fraction of sp³-hybridized carbons (Fsp3) is 0.172. The molecule has 9 aromatic carbocycles. The number of aliphatic hydroxyl groups excluding tert-OH is 2. The van der Waals surface area contributed by atoms with E-state index in [9.17, 15) is 67.2 Å². The van der Waals surface area contributed by atoms with Crippen molar-refractivity contribution in [2.45, 2.75) is 47.7 Å². The molecule has 34 heteroatoms. The maximum absolute atomic E-state index is 12.4. The summed E-state index contributed by atoms with van der Waals surface area (Å²) < 4.78 is 158. The predicted octanol–water partition coefficient (Wildman–Crippen LogP) is 12.4. The Balaban J connectivity index is 0.882. The Kier molecular flexibility index (Phi) is 18.8. The van der Waals surface area contributed by atoms with E-state index in [1.165, 1.54) is 91.8 Å². The lowest BCUT2D eigenvalue weighted by Crippen LogP contribution is -2.08. The van der Waals surface area contributed by atoms with E-state index >= 15 is 0 Å². The standard InChI is InChI=1S/C58H51N11O19S4/c1-4-16-87-39-20-33-6-8-36(23-43(33)55(25-39)91(79,80)81)59-60-37-9-14-45(54(24-37)88-17-5-18-89(73,74)75)61-63-48-28-53(86-3)51(22-34(48)30-70)66-64-49-29-52(85-2)50(21-35(49)31-71)65-62-47-13-7-32-19-38(10-11-41(32)58(47)72)69-67-46-15-12-42-44(57(46)68-69)26-40(90(76,77)78)27-56(42)92(82,83)84/h6-15,19-29,70-72H,4-5,16-18,30-31H2,1-3H3,(H,73,74,75)(H,76,77,78)(H,79,80,81)(H,82,83,84). The number of aromatic hydroxyl groups is 1. The van der Waals surface area contributed by atoms with E-state index in [1.54, 1.807) is 42.5 Å². The third-order valence-corrected chi connectivity index (χ3v) is 17.2. The molecule has 7 N–H and O–H groups in total. The molecule has 0 radical (unpaired) electrons. The monoisotopic (exact) mass is 1330 g/mol. The molecule has 0 spiro atoms. The molecule has 0 saturated heterocycles. The van der Waals surface area contributed by atoms with Crippen LogP contribution in [-0.4, -0.2) is 115 Å². The van der Waals surface area contributed by atoms with Gasteiger partial charge in [-0.25, -0.2) is 0 Å². The van der Waals surface area contributed by atoms with Crippen LogP contribution in [0.25, 0.3) is 49.0 Å². The number of phenolic OH excluding ortho intramolecular Hbond substituents is 1. The lowest BCUT2D eigenvalue weighted by molar-refractivity contribution is 0.282. The molecule has 0 amide bonds. The van der Waals surface area contributed by atoms with Crippen LogP contribution in [0.4, 0.5) is 45.5 Å². The summed E-state index contributed by atoms with van der Waals surface area (Å²) in [7, 11) is -16.2. The van der Waals surface area contributed by atoms with Gasteiger partial charge in [0.25, 0.3) is 40.5 Å². The minimum absolute atomic E-state index is 0.0314. The van der Waals surface area contributed by atoms with Gasteiger partial charge in [0.1, 0.15) is 66.6 Å². The first kappa shape index (κ1) is 65.1. The molecule has 0 saturated carbocycles. The van der Waals surface area contributed by atoms with Gasteiger partial charge in [-0.05, 0) is 109 Å². The summed E-state index contributed by atoms with van der Waals surface area (Å²) in [5.41, 5.74) is 2.06. The highest BCUT2D eigenvalue weighted by atomic mass is 32.2. The van der Waals surface area contributed by atoms with Gasteiger partial charge >= 0.3 is 0 Å². The quantitative estimate of drug-likeness (QED) is 0.0168. The molecular formula is C58H51N11O19S4. The van der Waals surface area contributed by atoms with Crippen molar-refractivity contribution in [1.82, 2.24) is 15.0 Å². The van der Waals surface area contributed by atoms with E-state index in [4.69, 9.17) is 18.9 Å². The minimum Gasteiger partial charge on any atom is -0.505 e. The molecule has 0 unspecified atom stereocenters. The van der Waals surface area contributed by atoms with Crippen LogP contribution in [0.3, 0.4) is 0 Å². The molecular weight excluding hydrogens is 1280 g/mol. The third kappa shape index (κ3) is 14.6. The number of aromatic nitrogens is 3. The zero-order valence-electron chi connectivity index (χ0n) is 48.2. The molecule has 0 atom stereocenters.